The lowest BCUT2D eigenvalue weighted by Crippen LogP contribution is -2.45. The number of rotatable bonds is 3. The molecule has 1 fully saturated rings. The van der Waals surface area contributed by atoms with Crippen molar-refractivity contribution in [1.82, 2.24) is 9.88 Å². The van der Waals surface area contributed by atoms with E-state index in [4.69, 9.17) is 0 Å². The molecular weight excluding hydrogens is 272 g/mol. The van der Waals surface area contributed by atoms with E-state index in [2.05, 4.69) is 5.32 Å². The Bertz CT molecular complexity index is 576. The highest BCUT2D eigenvalue weighted by molar-refractivity contribution is 7.12. The number of aromatic nitrogens is 1. The molecule has 1 amide bonds. The summed E-state index contributed by atoms with van der Waals surface area (Å²) in [4.78, 5) is 13.1. The van der Waals surface area contributed by atoms with Gasteiger partial charge in [0.1, 0.15) is 4.88 Å². The maximum Gasteiger partial charge on any atom is 0.263 e. The zero-order valence-electron chi connectivity index (χ0n) is 11.2. The first-order valence-electron chi connectivity index (χ1n) is 6.95. The van der Waals surface area contributed by atoms with Gasteiger partial charge in [-0.05, 0) is 36.4 Å². The number of amides is 1. The van der Waals surface area contributed by atoms with Crippen LogP contribution in [0.2, 0.25) is 0 Å². The minimum absolute atomic E-state index is 0.0883. The van der Waals surface area contributed by atoms with Crippen LogP contribution in [0.15, 0.2) is 36.0 Å². The molecule has 2 heterocycles. The van der Waals surface area contributed by atoms with E-state index in [9.17, 15) is 9.90 Å². The van der Waals surface area contributed by atoms with Crippen LogP contribution in [0.4, 0.5) is 0 Å². The van der Waals surface area contributed by atoms with Gasteiger partial charge in [-0.1, -0.05) is 12.8 Å². The van der Waals surface area contributed by atoms with Crippen molar-refractivity contribution in [1.29, 1.82) is 0 Å². The predicted molar refractivity (Wildman–Crippen MR) is 79.4 cm³/mol. The first-order chi connectivity index (χ1) is 9.75. The fraction of sp³-hybridized carbons (Fsp3) is 0.400. The summed E-state index contributed by atoms with van der Waals surface area (Å²) < 4.78 is 1.93. The number of aliphatic hydroxyl groups excluding tert-OH is 1. The van der Waals surface area contributed by atoms with Crippen LogP contribution in [0.25, 0.3) is 5.69 Å². The molecular formula is C15H18N2O2S. The summed E-state index contributed by atoms with van der Waals surface area (Å²) in [6, 6.07) is 5.70. The summed E-state index contributed by atoms with van der Waals surface area (Å²) in [5.74, 6) is -0.0883. The van der Waals surface area contributed by atoms with Crippen LogP contribution < -0.4 is 5.32 Å². The molecule has 2 aromatic rings. The van der Waals surface area contributed by atoms with E-state index in [0.29, 0.717) is 4.88 Å². The second kappa shape index (κ2) is 5.81. The van der Waals surface area contributed by atoms with E-state index < -0.39 is 6.10 Å². The van der Waals surface area contributed by atoms with E-state index in [0.717, 1.165) is 31.4 Å². The zero-order chi connectivity index (χ0) is 13.9. The lowest BCUT2D eigenvalue weighted by molar-refractivity contribution is 0.0720. The molecule has 1 aliphatic rings. The Morgan fingerprint density at radius 1 is 1.30 bits per heavy atom. The van der Waals surface area contributed by atoms with Crippen LogP contribution in [-0.4, -0.2) is 27.7 Å². The third-order valence-electron chi connectivity index (χ3n) is 3.78. The lowest BCUT2D eigenvalue weighted by atomic mass is 9.92. The van der Waals surface area contributed by atoms with Crippen molar-refractivity contribution in [2.24, 2.45) is 0 Å². The zero-order valence-corrected chi connectivity index (χ0v) is 12.0. The molecule has 2 N–H and O–H groups in total. The Balaban J connectivity index is 1.76. The Kier molecular flexibility index (Phi) is 3.89. The summed E-state index contributed by atoms with van der Waals surface area (Å²) >= 11 is 1.43. The molecule has 0 aliphatic heterocycles. The Morgan fingerprint density at radius 3 is 2.80 bits per heavy atom. The van der Waals surface area contributed by atoms with Gasteiger partial charge in [0.2, 0.25) is 0 Å². The van der Waals surface area contributed by atoms with Crippen molar-refractivity contribution >= 4 is 17.2 Å². The second-order valence-corrected chi connectivity index (χ2v) is 6.07. The highest BCUT2D eigenvalue weighted by atomic mass is 32.1. The molecule has 0 saturated heterocycles. The van der Waals surface area contributed by atoms with Gasteiger partial charge in [-0.25, -0.2) is 0 Å². The molecule has 2 atom stereocenters. The number of carbonyl (C=O) groups excluding carboxylic acids is 1. The summed E-state index contributed by atoms with van der Waals surface area (Å²) in [5.41, 5.74) is 0.891. The van der Waals surface area contributed by atoms with Crippen molar-refractivity contribution in [2.75, 3.05) is 0 Å². The van der Waals surface area contributed by atoms with E-state index in [1.54, 1.807) is 0 Å². The average Bonchev–Trinajstić information content (AvgIpc) is 3.11. The van der Waals surface area contributed by atoms with Gasteiger partial charge in [-0.15, -0.1) is 11.3 Å². The molecule has 3 rings (SSSR count). The molecule has 0 bridgehead atoms. The molecule has 0 spiro atoms. The molecule has 2 unspecified atom stereocenters. The summed E-state index contributed by atoms with van der Waals surface area (Å²) in [5, 5.41) is 14.9. The van der Waals surface area contributed by atoms with E-state index in [-0.39, 0.29) is 11.9 Å². The second-order valence-electron chi connectivity index (χ2n) is 5.16. The highest BCUT2D eigenvalue weighted by Crippen LogP contribution is 2.23. The van der Waals surface area contributed by atoms with Crippen LogP contribution in [0, 0.1) is 0 Å². The number of aliphatic hydroxyl groups is 1. The van der Waals surface area contributed by atoms with Gasteiger partial charge in [0, 0.05) is 12.4 Å². The molecule has 5 heteroatoms. The minimum Gasteiger partial charge on any atom is -0.391 e. The van der Waals surface area contributed by atoms with Gasteiger partial charge in [-0.2, -0.15) is 0 Å². The number of carbonyl (C=O) groups is 1. The summed E-state index contributed by atoms with van der Waals surface area (Å²) in [6.07, 6.45) is 7.18. The first kappa shape index (κ1) is 13.4. The van der Waals surface area contributed by atoms with Gasteiger partial charge in [-0.3, -0.25) is 4.79 Å². The summed E-state index contributed by atoms with van der Waals surface area (Å²) in [7, 11) is 0. The van der Waals surface area contributed by atoms with Gasteiger partial charge >= 0.3 is 0 Å². The van der Waals surface area contributed by atoms with E-state index >= 15 is 0 Å². The van der Waals surface area contributed by atoms with Crippen molar-refractivity contribution in [3.63, 3.8) is 0 Å². The normalized spacial score (nSPS) is 22.6. The van der Waals surface area contributed by atoms with Crippen molar-refractivity contribution in [3.8, 4) is 5.69 Å². The van der Waals surface area contributed by atoms with Crippen molar-refractivity contribution in [2.45, 2.75) is 37.8 Å². The largest absolute Gasteiger partial charge is 0.391 e. The molecule has 2 aromatic heterocycles. The topological polar surface area (TPSA) is 54.3 Å². The maximum absolute atomic E-state index is 12.4. The third-order valence-corrected chi connectivity index (χ3v) is 4.68. The van der Waals surface area contributed by atoms with Crippen molar-refractivity contribution in [3.05, 3.63) is 40.8 Å². The molecule has 0 radical (unpaired) electrons. The van der Waals surface area contributed by atoms with Crippen LogP contribution in [0.1, 0.15) is 35.4 Å². The van der Waals surface area contributed by atoms with Crippen molar-refractivity contribution < 1.29 is 9.90 Å². The first-order valence-corrected chi connectivity index (χ1v) is 7.83. The van der Waals surface area contributed by atoms with Crippen LogP contribution in [0.3, 0.4) is 0 Å². The van der Waals surface area contributed by atoms with Crippen LogP contribution >= 0.6 is 11.3 Å². The quantitative estimate of drug-likeness (QED) is 0.913. The Morgan fingerprint density at radius 2 is 2.05 bits per heavy atom. The number of nitrogens with zero attached hydrogens (tertiary/aromatic N) is 1. The third kappa shape index (κ3) is 2.64. The summed E-state index contributed by atoms with van der Waals surface area (Å²) in [6.45, 7) is 0. The standard InChI is InChI=1S/C15H18N2O2S/c18-13-6-2-1-5-11(13)16-15(19)14-12(7-10-20-14)17-8-3-4-9-17/h3-4,7-11,13,18H,1-2,5-6H2,(H,16,19). The SMILES string of the molecule is O=C(NC1CCCCC1O)c1sccc1-n1cccc1. The molecule has 4 nitrogen and oxygen atoms in total. The lowest BCUT2D eigenvalue weighted by Gasteiger charge is -2.28. The van der Waals surface area contributed by atoms with Crippen LogP contribution in [-0.2, 0) is 0 Å². The Hall–Kier alpha value is -1.59. The van der Waals surface area contributed by atoms with Gasteiger partial charge < -0.3 is 15.0 Å². The predicted octanol–water partition coefficient (Wildman–Crippen LogP) is 2.57. The smallest absolute Gasteiger partial charge is 0.263 e. The number of hydrogen-bond donors (Lipinski definition) is 2. The van der Waals surface area contributed by atoms with E-state index in [1.807, 2.05) is 40.5 Å². The number of hydrogen-bond acceptors (Lipinski definition) is 3. The van der Waals surface area contributed by atoms with Gasteiger partial charge in [0.25, 0.3) is 5.91 Å². The van der Waals surface area contributed by atoms with Gasteiger partial charge in [0.15, 0.2) is 0 Å². The average molecular weight is 290 g/mol. The number of nitrogens with one attached hydrogen (secondary N) is 1. The fourth-order valence-corrected chi connectivity index (χ4v) is 3.48. The number of thiophene rings is 1. The van der Waals surface area contributed by atoms with Crippen LogP contribution in [0.5, 0.6) is 0 Å². The fourth-order valence-electron chi connectivity index (χ4n) is 2.68. The minimum atomic E-state index is -0.414. The molecule has 1 aliphatic carbocycles. The van der Waals surface area contributed by atoms with Gasteiger partial charge in [0.05, 0.1) is 17.8 Å². The maximum atomic E-state index is 12.4. The molecule has 106 valence electrons. The van der Waals surface area contributed by atoms with E-state index in [1.165, 1.54) is 11.3 Å². The monoisotopic (exact) mass is 290 g/mol. The molecule has 0 aromatic carbocycles. The Labute approximate surface area is 122 Å². The molecule has 20 heavy (non-hydrogen) atoms. The highest BCUT2D eigenvalue weighted by Gasteiger charge is 2.26. The molecule has 1 saturated carbocycles.